The second-order valence-electron chi connectivity index (χ2n) is 2.48. The largest absolute Gasteiger partial charge is 0.330 e. The highest BCUT2D eigenvalue weighted by atomic mass is 15.3. The van der Waals surface area contributed by atoms with Gasteiger partial charge in [-0.2, -0.15) is 5.10 Å². The molecule has 0 saturated carbocycles. The van der Waals surface area contributed by atoms with E-state index < -0.39 is 0 Å². The van der Waals surface area contributed by atoms with Crippen LogP contribution in [-0.4, -0.2) is 16.3 Å². The summed E-state index contributed by atoms with van der Waals surface area (Å²) in [6.45, 7) is 4.55. The second kappa shape index (κ2) is 3.34. The van der Waals surface area contributed by atoms with Gasteiger partial charge in [0.1, 0.15) is 0 Å². The molecule has 0 bridgehead atoms. The summed E-state index contributed by atoms with van der Waals surface area (Å²) >= 11 is 0. The lowest BCUT2D eigenvalue weighted by Gasteiger charge is -2.02. The zero-order valence-electron chi connectivity index (χ0n) is 6.75. The Morgan fingerprint density at radius 2 is 2.55 bits per heavy atom. The number of hydrogen-bond acceptors (Lipinski definition) is 2. The third-order valence-corrected chi connectivity index (χ3v) is 1.63. The van der Waals surface area contributed by atoms with Crippen molar-refractivity contribution in [1.29, 1.82) is 0 Å². The van der Waals surface area contributed by atoms with Gasteiger partial charge in [0.05, 0.1) is 5.69 Å². The Labute approximate surface area is 66.5 Å². The Hall–Kier alpha value is -1.09. The maximum atomic E-state index is 5.40. The molecule has 0 aliphatic carbocycles. The third kappa shape index (κ3) is 1.68. The van der Waals surface area contributed by atoms with Crippen LogP contribution < -0.4 is 5.73 Å². The SMILES string of the molecule is C=C(CCN)c1ccnn1C. The first-order valence-electron chi connectivity index (χ1n) is 3.62. The normalized spacial score (nSPS) is 10.0. The summed E-state index contributed by atoms with van der Waals surface area (Å²) in [5.74, 6) is 0. The zero-order chi connectivity index (χ0) is 8.27. The average Bonchev–Trinajstić information content (AvgIpc) is 2.36. The number of rotatable bonds is 3. The van der Waals surface area contributed by atoms with Gasteiger partial charge >= 0.3 is 0 Å². The van der Waals surface area contributed by atoms with Gasteiger partial charge in [-0.15, -0.1) is 0 Å². The summed E-state index contributed by atoms with van der Waals surface area (Å²) in [5.41, 5.74) is 7.51. The smallest absolute Gasteiger partial charge is 0.0633 e. The predicted molar refractivity (Wildman–Crippen MR) is 45.9 cm³/mol. The number of nitrogens with zero attached hydrogens (tertiary/aromatic N) is 2. The van der Waals surface area contributed by atoms with Crippen LogP contribution in [0.4, 0.5) is 0 Å². The van der Waals surface area contributed by atoms with Gasteiger partial charge in [0.25, 0.3) is 0 Å². The minimum Gasteiger partial charge on any atom is -0.330 e. The number of hydrogen-bond donors (Lipinski definition) is 1. The van der Waals surface area contributed by atoms with Crippen molar-refractivity contribution >= 4 is 5.57 Å². The van der Waals surface area contributed by atoms with E-state index in [1.165, 1.54) is 0 Å². The first-order chi connectivity index (χ1) is 5.25. The molecule has 0 fully saturated rings. The zero-order valence-corrected chi connectivity index (χ0v) is 6.75. The Kier molecular flexibility index (Phi) is 2.44. The van der Waals surface area contributed by atoms with Crippen molar-refractivity contribution in [2.24, 2.45) is 12.8 Å². The van der Waals surface area contributed by atoms with Gasteiger partial charge in [0.2, 0.25) is 0 Å². The Morgan fingerprint density at radius 3 is 3.00 bits per heavy atom. The molecular weight excluding hydrogens is 138 g/mol. The highest BCUT2D eigenvalue weighted by Gasteiger charge is 2.00. The standard InChI is InChI=1S/C8H13N3/c1-7(3-5-9)8-4-6-10-11(8)2/h4,6H,1,3,5,9H2,2H3. The Balaban J connectivity index is 2.76. The van der Waals surface area contributed by atoms with Crippen molar-refractivity contribution in [3.8, 4) is 0 Å². The number of nitrogens with two attached hydrogens (primary N) is 1. The average molecular weight is 151 g/mol. The molecule has 0 amide bonds. The van der Waals surface area contributed by atoms with Gasteiger partial charge in [0.15, 0.2) is 0 Å². The van der Waals surface area contributed by atoms with Crippen molar-refractivity contribution in [1.82, 2.24) is 9.78 Å². The van der Waals surface area contributed by atoms with Crippen molar-refractivity contribution in [3.05, 3.63) is 24.5 Å². The molecule has 1 aromatic rings. The van der Waals surface area contributed by atoms with Gasteiger partial charge < -0.3 is 5.73 Å². The molecule has 3 nitrogen and oxygen atoms in total. The third-order valence-electron chi connectivity index (χ3n) is 1.63. The van der Waals surface area contributed by atoms with E-state index in [1.807, 2.05) is 13.1 Å². The molecular formula is C8H13N3. The van der Waals surface area contributed by atoms with Crippen LogP contribution in [0.25, 0.3) is 5.57 Å². The van der Waals surface area contributed by atoms with E-state index in [4.69, 9.17) is 5.73 Å². The monoisotopic (exact) mass is 151 g/mol. The van der Waals surface area contributed by atoms with Crippen LogP contribution >= 0.6 is 0 Å². The minimum atomic E-state index is 0.643. The molecule has 0 spiro atoms. The highest BCUT2D eigenvalue weighted by molar-refractivity contribution is 5.59. The summed E-state index contributed by atoms with van der Waals surface area (Å²) in [7, 11) is 1.90. The van der Waals surface area contributed by atoms with Crippen LogP contribution in [-0.2, 0) is 7.05 Å². The van der Waals surface area contributed by atoms with Crippen LogP contribution in [0.1, 0.15) is 12.1 Å². The fourth-order valence-corrected chi connectivity index (χ4v) is 1.02. The number of aromatic nitrogens is 2. The van der Waals surface area contributed by atoms with Crippen molar-refractivity contribution in [3.63, 3.8) is 0 Å². The van der Waals surface area contributed by atoms with Crippen molar-refractivity contribution < 1.29 is 0 Å². The maximum absolute atomic E-state index is 5.40. The lowest BCUT2D eigenvalue weighted by molar-refractivity contribution is 0.752. The quantitative estimate of drug-likeness (QED) is 0.693. The van der Waals surface area contributed by atoms with E-state index in [-0.39, 0.29) is 0 Å². The second-order valence-corrected chi connectivity index (χ2v) is 2.48. The molecule has 0 aromatic carbocycles. The van der Waals surface area contributed by atoms with Gasteiger partial charge in [-0.05, 0) is 24.6 Å². The molecule has 3 heteroatoms. The topological polar surface area (TPSA) is 43.8 Å². The number of aryl methyl sites for hydroxylation is 1. The molecule has 0 saturated heterocycles. The molecule has 11 heavy (non-hydrogen) atoms. The maximum Gasteiger partial charge on any atom is 0.0633 e. The first-order valence-corrected chi connectivity index (χ1v) is 3.62. The van der Waals surface area contributed by atoms with E-state index >= 15 is 0 Å². The van der Waals surface area contributed by atoms with Crippen LogP contribution in [0.3, 0.4) is 0 Å². The Morgan fingerprint density at radius 1 is 1.82 bits per heavy atom. The fourth-order valence-electron chi connectivity index (χ4n) is 1.02. The van der Waals surface area contributed by atoms with Crippen LogP contribution in [0.15, 0.2) is 18.8 Å². The molecule has 0 atom stereocenters. The van der Waals surface area contributed by atoms with Crippen LogP contribution in [0.2, 0.25) is 0 Å². The molecule has 0 radical (unpaired) electrons. The lowest BCUT2D eigenvalue weighted by Crippen LogP contribution is -2.02. The summed E-state index contributed by atoms with van der Waals surface area (Å²) in [4.78, 5) is 0. The summed E-state index contributed by atoms with van der Waals surface area (Å²) in [6, 6.07) is 1.94. The molecule has 0 aliphatic heterocycles. The molecule has 2 N–H and O–H groups in total. The van der Waals surface area contributed by atoms with Gasteiger partial charge in [-0.1, -0.05) is 6.58 Å². The van der Waals surface area contributed by atoms with E-state index in [0.29, 0.717) is 6.54 Å². The predicted octanol–water partition coefficient (Wildman–Crippen LogP) is 0.782. The molecule has 1 rings (SSSR count). The van der Waals surface area contributed by atoms with E-state index in [0.717, 1.165) is 17.7 Å². The van der Waals surface area contributed by atoms with Gasteiger partial charge in [-0.3, -0.25) is 4.68 Å². The lowest BCUT2D eigenvalue weighted by atomic mass is 10.1. The van der Waals surface area contributed by atoms with Crippen molar-refractivity contribution in [2.75, 3.05) is 6.54 Å². The summed E-state index contributed by atoms with van der Waals surface area (Å²) < 4.78 is 1.80. The molecule has 0 unspecified atom stereocenters. The van der Waals surface area contributed by atoms with Crippen molar-refractivity contribution in [2.45, 2.75) is 6.42 Å². The molecule has 1 aromatic heterocycles. The molecule has 60 valence electrons. The van der Waals surface area contributed by atoms with Gasteiger partial charge in [0, 0.05) is 13.2 Å². The first kappa shape index (κ1) is 8.01. The van der Waals surface area contributed by atoms with Crippen LogP contribution in [0.5, 0.6) is 0 Å². The minimum absolute atomic E-state index is 0.643. The van der Waals surface area contributed by atoms with Crippen LogP contribution in [0, 0.1) is 0 Å². The van der Waals surface area contributed by atoms with E-state index in [9.17, 15) is 0 Å². The van der Waals surface area contributed by atoms with E-state index in [2.05, 4.69) is 11.7 Å². The molecule has 0 aliphatic rings. The molecule has 1 heterocycles. The fraction of sp³-hybridized carbons (Fsp3) is 0.375. The highest BCUT2D eigenvalue weighted by Crippen LogP contribution is 2.12. The summed E-state index contributed by atoms with van der Waals surface area (Å²) in [5, 5.41) is 4.03. The van der Waals surface area contributed by atoms with Gasteiger partial charge in [-0.25, -0.2) is 0 Å². The Bertz CT molecular complexity index is 250. The van der Waals surface area contributed by atoms with E-state index in [1.54, 1.807) is 10.9 Å². The summed E-state index contributed by atoms with van der Waals surface area (Å²) in [6.07, 6.45) is 2.59.